The summed E-state index contributed by atoms with van der Waals surface area (Å²) >= 11 is 5.84. The van der Waals surface area contributed by atoms with Crippen LogP contribution in [0.15, 0.2) is 17.2 Å². The summed E-state index contributed by atoms with van der Waals surface area (Å²) in [6, 6.07) is 1.16. The van der Waals surface area contributed by atoms with Crippen LogP contribution in [-0.2, 0) is 10.0 Å². The van der Waals surface area contributed by atoms with Gasteiger partial charge in [0.2, 0.25) is 10.0 Å². The van der Waals surface area contributed by atoms with E-state index >= 15 is 0 Å². The van der Waals surface area contributed by atoms with Crippen molar-refractivity contribution in [2.75, 3.05) is 13.2 Å². The molecule has 0 aromatic carbocycles. The third-order valence-electron chi connectivity index (χ3n) is 3.85. The van der Waals surface area contributed by atoms with Crippen molar-refractivity contribution >= 4 is 21.6 Å². The molecule has 7 heteroatoms. The first-order valence-corrected chi connectivity index (χ1v) is 8.44. The fourth-order valence-electron chi connectivity index (χ4n) is 2.59. The maximum atomic E-state index is 12.7. The van der Waals surface area contributed by atoms with Gasteiger partial charge in [0.05, 0.1) is 12.6 Å². The Bertz CT molecular complexity index is 591. The molecule has 2 atom stereocenters. The van der Waals surface area contributed by atoms with Crippen molar-refractivity contribution in [1.82, 2.24) is 9.29 Å². The number of rotatable bonds is 3. The van der Waals surface area contributed by atoms with Crippen LogP contribution in [0.25, 0.3) is 0 Å². The maximum Gasteiger partial charge on any atom is 0.244 e. The van der Waals surface area contributed by atoms with E-state index in [0.717, 1.165) is 12.8 Å². The fourth-order valence-corrected chi connectivity index (χ4v) is 4.48. The largest absolute Gasteiger partial charge is 0.395 e. The molecule has 0 radical (unpaired) electrons. The molecule has 112 valence electrons. The molecule has 1 N–H and O–H groups in total. The lowest BCUT2D eigenvalue weighted by atomic mass is 9.93. The van der Waals surface area contributed by atoms with Crippen LogP contribution in [-0.4, -0.2) is 42.0 Å². The minimum absolute atomic E-state index is 0.131. The van der Waals surface area contributed by atoms with Gasteiger partial charge in [0.25, 0.3) is 0 Å². The standard InChI is InChI=1S/C13H19ClN2O3S/c1-9-4-3-5-16(12(9)8-17)20(18,19)11-6-10(2)13(14)15-7-11/h6-7,9,12,17H,3-5,8H2,1-2H3. The number of aliphatic hydroxyl groups is 1. The highest BCUT2D eigenvalue weighted by Gasteiger charge is 2.37. The van der Waals surface area contributed by atoms with Gasteiger partial charge in [-0.15, -0.1) is 0 Å². The van der Waals surface area contributed by atoms with E-state index in [-0.39, 0.29) is 23.5 Å². The molecule has 1 aliphatic heterocycles. The Morgan fingerprint density at radius 2 is 2.25 bits per heavy atom. The molecule has 0 aliphatic carbocycles. The number of hydrogen-bond acceptors (Lipinski definition) is 4. The molecule has 0 amide bonds. The average Bonchev–Trinajstić information content (AvgIpc) is 2.41. The van der Waals surface area contributed by atoms with E-state index in [0.29, 0.717) is 17.3 Å². The number of sulfonamides is 1. The van der Waals surface area contributed by atoms with Crippen LogP contribution in [0.3, 0.4) is 0 Å². The van der Waals surface area contributed by atoms with Crippen molar-refractivity contribution in [3.63, 3.8) is 0 Å². The first-order valence-electron chi connectivity index (χ1n) is 6.62. The van der Waals surface area contributed by atoms with Gasteiger partial charge in [-0.3, -0.25) is 0 Å². The highest BCUT2D eigenvalue weighted by atomic mass is 35.5. The summed E-state index contributed by atoms with van der Waals surface area (Å²) in [7, 11) is -3.64. The lowest BCUT2D eigenvalue weighted by molar-refractivity contribution is 0.113. The van der Waals surface area contributed by atoms with Crippen LogP contribution in [0.4, 0.5) is 0 Å². The topological polar surface area (TPSA) is 70.5 Å². The number of piperidine rings is 1. The predicted octanol–water partition coefficient (Wildman–Crippen LogP) is 1.82. The highest BCUT2D eigenvalue weighted by molar-refractivity contribution is 7.89. The number of pyridine rings is 1. The zero-order valence-corrected chi connectivity index (χ0v) is 13.2. The van der Waals surface area contributed by atoms with Gasteiger partial charge in [0.15, 0.2) is 0 Å². The number of aryl methyl sites for hydroxylation is 1. The van der Waals surface area contributed by atoms with Gasteiger partial charge >= 0.3 is 0 Å². The van der Waals surface area contributed by atoms with Crippen molar-refractivity contribution in [2.45, 2.75) is 37.6 Å². The average molecular weight is 319 g/mol. The molecule has 2 unspecified atom stereocenters. The summed E-state index contributed by atoms with van der Waals surface area (Å²) in [5.41, 5.74) is 0.623. The van der Waals surface area contributed by atoms with Gasteiger partial charge < -0.3 is 5.11 Å². The zero-order valence-electron chi connectivity index (χ0n) is 11.6. The molecule has 0 spiro atoms. The number of aliphatic hydroxyl groups excluding tert-OH is 1. The van der Waals surface area contributed by atoms with E-state index in [2.05, 4.69) is 4.98 Å². The highest BCUT2D eigenvalue weighted by Crippen LogP contribution is 2.29. The molecule has 2 rings (SSSR count). The summed E-state index contributed by atoms with van der Waals surface area (Å²) in [6.07, 6.45) is 3.00. The summed E-state index contributed by atoms with van der Waals surface area (Å²) in [5.74, 6) is 0.143. The summed E-state index contributed by atoms with van der Waals surface area (Å²) in [6.45, 7) is 3.95. The molecule has 1 fully saturated rings. The van der Waals surface area contributed by atoms with Crippen LogP contribution in [0, 0.1) is 12.8 Å². The van der Waals surface area contributed by atoms with E-state index < -0.39 is 10.0 Å². The first-order chi connectivity index (χ1) is 9.37. The van der Waals surface area contributed by atoms with Crippen LogP contribution in [0.1, 0.15) is 25.3 Å². The molecule has 5 nitrogen and oxygen atoms in total. The summed E-state index contributed by atoms with van der Waals surface area (Å²) < 4.78 is 26.8. The molecule has 0 saturated carbocycles. The number of aromatic nitrogens is 1. The minimum atomic E-state index is -3.64. The second kappa shape index (κ2) is 5.97. The lowest BCUT2D eigenvalue weighted by Gasteiger charge is -2.37. The van der Waals surface area contributed by atoms with E-state index in [1.54, 1.807) is 6.92 Å². The van der Waals surface area contributed by atoms with Gasteiger partial charge in [0.1, 0.15) is 10.0 Å². The van der Waals surface area contributed by atoms with Crippen molar-refractivity contribution < 1.29 is 13.5 Å². The first kappa shape index (κ1) is 15.7. The third-order valence-corrected chi connectivity index (χ3v) is 6.13. The van der Waals surface area contributed by atoms with E-state index in [1.165, 1.54) is 16.6 Å². The zero-order chi connectivity index (χ0) is 14.9. The second-order valence-corrected chi connectivity index (χ2v) is 7.51. The lowest BCUT2D eigenvalue weighted by Crippen LogP contribution is -2.49. The Hall–Kier alpha value is -0.690. The Labute approximate surface area is 124 Å². The number of nitrogens with zero attached hydrogens (tertiary/aromatic N) is 2. The minimum Gasteiger partial charge on any atom is -0.395 e. The van der Waals surface area contributed by atoms with Crippen LogP contribution in [0.5, 0.6) is 0 Å². The van der Waals surface area contributed by atoms with Crippen molar-refractivity contribution in [1.29, 1.82) is 0 Å². The van der Waals surface area contributed by atoms with Crippen LogP contribution in [0.2, 0.25) is 5.15 Å². The van der Waals surface area contributed by atoms with Crippen LogP contribution < -0.4 is 0 Å². The predicted molar refractivity (Wildman–Crippen MR) is 77.1 cm³/mol. The van der Waals surface area contributed by atoms with Crippen molar-refractivity contribution in [3.05, 3.63) is 23.0 Å². The maximum absolute atomic E-state index is 12.7. The van der Waals surface area contributed by atoms with Gasteiger partial charge in [-0.1, -0.05) is 18.5 Å². The molecule has 0 bridgehead atoms. The van der Waals surface area contributed by atoms with Crippen molar-refractivity contribution in [3.8, 4) is 0 Å². The summed E-state index contributed by atoms with van der Waals surface area (Å²) in [5, 5.41) is 9.80. The van der Waals surface area contributed by atoms with Gasteiger partial charge in [-0.05, 0) is 37.3 Å². The van der Waals surface area contributed by atoms with Gasteiger partial charge in [0, 0.05) is 12.7 Å². The molecule has 1 aromatic rings. The number of hydrogen-bond donors (Lipinski definition) is 1. The number of halogens is 1. The van der Waals surface area contributed by atoms with E-state index in [1.807, 2.05) is 6.92 Å². The smallest absolute Gasteiger partial charge is 0.244 e. The fraction of sp³-hybridized carbons (Fsp3) is 0.615. The Balaban J connectivity index is 2.40. The Kier molecular flexibility index (Phi) is 4.69. The SMILES string of the molecule is Cc1cc(S(=O)(=O)N2CCCC(C)C2CO)cnc1Cl. The Morgan fingerprint density at radius 3 is 2.85 bits per heavy atom. The van der Waals surface area contributed by atoms with E-state index in [9.17, 15) is 13.5 Å². The molecular weight excluding hydrogens is 300 g/mol. The van der Waals surface area contributed by atoms with Gasteiger partial charge in [-0.2, -0.15) is 4.31 Å². The molecule has 1 saturated heterocycles. The molecule has 20 heavy (non-hydrogen) atoms. The Morgan fingerprint density at radius 1 is 1.55 bits per heavy atom. The second-order valence-electron chi connectivity index (χ2n) is 5.26. The summed E-state index contributed by atoms with van der Waals surface area (Å²) in [4.78, 5) is 4.04. The third kappa shape index (κ3) is 2.83. The molecule has 1 aromatic heterocycles. The van der Waals surface area contributed by atoms with Crippen LogP contribution >= 0.6 is 11.6 Å². The van der Waals surface area contributed by atoms with Gasteiger partial charge in [-0.25, -0.2) is 13.4 Å². The van der Waals surface area contributed by atoms with E-state index in [4.69, 9.17) is 11.6 Å². The molecular formula is C13H19ClN2O3S. The molecule has 2 heterocycles. The van der Waals surface area contributed by atoms with Crippen molar-refractivity contribution in [2.24, 2.45) is 5.92 Å². The normalized spacial score (nSPS) is 24.8. The molecule has 1 aliphatic rings. The monoisotopic (exact) mass is 318 g/mol. The quantitative estimate of drug-likeness (QED) is 0.863.